The summed E-state index contributed by atoms with van der Waals surface area (Å²) in [6, 6.07) is 10.5. The van der Waals surface area contributed by atoms with E-state index in [1.165, 1.54) is 0 Å². The zero-order valence-electron chi connectivity index (χ0n) is 11.5. The van der Waals surface area contributed by atoms with Crippen molar-refractivity contribution in [3.8, 4) is 0 Å². The molecule has 1 heterocycles. The Morgan fingerprint density at radius 2 is 2.05 bits per heavy atom. The molecular weight excluding hydrogens is 256 g/mol. The average molecular weight is 274 g/mol. The third-order valence-electron chi connectivity index (χ3n) is 3.02. The third kappa shape index (κ3) is 3.24. The number of hydrogen-bond acceptors (Lipinski definition) is 4. The SMILES string of the molecule is CC(C)c1cc(C(=O)NC(CO)c2ccccc2)no1. The second-order valence-electron chi connectivity index (χ2n) is 4.89. The Kier molecular flexibility index (Phi) is 4.53. The quantitative estimate of drug-likeness (QED) is 0.877. The van der Waals surface area contributed by atoms with Crippen molar-refractivity contribution < 1.29 is 14.4 Å². The van der Waals surface area contributed by atoms with E-state index in [1.807, 2.05) is 44.2 Å². The zero-order valence-corrected chi connectivity index (χ0v) is 11.5. The van der Waals surface area contributed by atoms with E-state index < -0.39 is 6.04 Å². The van der Waals surface area contributed by atoms with Crippen LogP contribution in [0.4, 0.5) is 0 Å². The van der Waals surface area contributed by atoms with Crippen LogP contribution in [0, 0.1) is 0 Å². The second kappa shape index (κ2) is 6.34. The first-order chi connectivity index (χ1) is 9.61. The van der Waals surface area contributed by atoms with E-state index in [9.17, 15) is 9.90 Å². The van der Waals surface area contributed by atoms with Gasteiger partial charge in [-0.15, -0.1) is 0 Å². The molecule has 0 saturated carbocycles. The molecule has 106 valence electrons. The molecule has 1 unspecified atom stereocenters. The van der Waals surface area contributed by atoms with Gasteiger partial charge in [-0.25, -0.2) is 0 Å². The van der Waals surface area contributed by atoms with Gasteiger partial charge in [0.1, 0.15) is 5.76 Å². The number of nitrogens with zero attached hydrogens (tertiary/aromatic N) is 1. The Morgan fingerprint density at radius 3 is 2.60 bits per heavy atom. The number of aliphatic hydroxyl groups excluding tert-OH is 1. The summed E-state index contributed by atoms with van der Waals surface area (Å²) in [5, 5.41) is 15.9. The minimum Gasteiger partial charge on any atom is -0.394 e. The van der Waals surface area contributed by atoms with Crippen LogP contribution in [0.5, 0.6) is 0 Å². The predicted molar refractivity (Wildman–Crippen MR) is 74.3 cm³/mol. The third-order valence-corrected chi connectivity index (χ3v) is 3.02. The summed E-state index contributed by atoms with van der Waals surface area (Å²) in [5.74, 6) is 0.478. The first-order valence-corrected chi connectivity index (χ1v) is 6.55. The number of carbonyl (C=O) groups is 1. The fourth-order valence-corrected chi connectivity index (χ4v) is 1.82. The predicted octanol–water partition coefficient (Wildman–Crippen LogP) is 2.26. The summed E-state index contributed by atoms with van der Waals surface area (Å²) in [4.78, 5) is 12.1. The summed E-state index contributed by atoms with van der Waals surface area (Å²) < 4.78 is 5.09. The summed E-state index contributed by atoms with van der Waals surface area (Å²) in [6.45, 7) is 3.75. The largest absolute Gasteiger partial charge is 0.394 e. The van der Waals surface area contributed by atoms with Crippen LogP contribution < -0.4 is 5.32 Å². The van der Waals surface area contributed by atoms with Crippen LogP contribution in [0.1, 0.15) is 47.6 Å². The van der Waals surface area contributed by atoms with Crippen molar-refractivity contribution in [1.82, 2.24) is 10.5 Å². The van der Waals surface area contributed by atoms with Crippen molar-refractivity contribution >= 4 is 5.91 Å². The van der Waals surface area contributed by atoms with E-state index in [2.05, 4.69) is 10.5 Å². The number of rotatable bonds is 5. The number of amides is 1. The molecule has 2 rings (SSSR count). The molecule has 0 fully saturated rings. The van der Waals surface area contributed by atoms with E-state index in [4.69, 9.17) is 4.52 Å². The monoisotopic (exact) mass is 274 g/mol. The molecule has 0 aliphatic heterocycles. The average Bonchev–Trinajstić information content (AvgIpc) is 2.95. The molecule has 1 aromatic heterocycles. The maximum atomic E-state index is 12.1. The molecule has 0 aliphatic rings. The van der Waals surface area contributed by atoms with Crippen LogP contribution in [0.2, 0.25) is 0 Å². The van der Waals surface area contributed by atoms with Gasteiger partial charge in [-0.1, -0.05) is 49.3 Å². The van der Waals surface area contributed by atoms with Gasteiger partial charge in [0.25, 0.3) is 5.91 Å². The molecule has 2 N–H and O–H groups in total. The molecule has 0 aliphatic carbocycles. The van der Waals surface area contributed by atoms with Gasteiger partial charge >= 0.3 is 0 Å². The highest BCUT2D eigenvalue weighted by molar-refractivity contribution is 5.92. The molecule has 0 spiro atoms. The number of hydrogen-bond donors (Lipinski definition) is 2. The lowest BCUT2D eigenvalue weighted by atomic mass is 10.1. The molecule has 0 saturated heterocycles. The Balaban J connectivity index is 2.09. The first-order valence-electron chi connectivity index (χ1n) is 6.55. The molecule has 0 bridgehead atoms. The fourth-order valence-electron chi connectivity index (χ4n) is 1.82. The van der Waals surface area contributed by atoms with Crippen LogP contribution in [-0.4, -0.2) is 22.8 Å². The Labute approximate surface area is 117 Å². The van der Waals surface area contributed by atoms with Crippen molar-refractivity contribution in [2.75, 3.05) is 6.61 Å². The molecule has 1 amide bonds. The Hall–Kier alpha value is -2.14. The number of nitrogens with one attached hydrogen (secondary N) is 1. The van der Waals surface area contributed by atoms with Gasteiger partial charge in [-0.05, 0) is 5.56 Å². The summed E-state index contributed by atoms with van der Waals surface area (Å²) in [7, 11) is 0. The smallest absolute Gasteiger partial charge is 0.274 e. The van der Waals surface area contributed by atoms with E-state index >= 15 is 0 Å². The van der Waals surface area contributed by atoms with Crippen molar-refractivity contribution in [2.45, 2.75) is 25.8 Å². The number of benzene rings is 1. The van der Waals surface area contributed by atoms with Crippen LogP contribution in [0.3, 0.4) is 0 Å². The van der Waals surface area contributed by atoms with Gasteiger partial charge < -0.3 is 14.9 Å². The van der Waals surface area contributed by atoms with Gasteiger partial charge in [-0.3, -0.25) is 4.79 Å². The van der Waals surface area contributed by atoms with Crippen LogP contribution in [0.25, 0.3) is 0 Å². The topological polar surface area (TPSA) is 75.4 Å². The Morgan fingerprint density at radius 1 is 1.35 bits per heavy atom. The molecular formula is C15H18N2O3. The number of aromatic nitrogens is 1. The molecule has 0 radical (unpaired) electrons. The van der Waals surface area contributed by atoms with Crippen LogP contribution in [-0.2, 0) is 0 Å². The van der Waals surface area contributed by atoms with E-state index in [0.717, 1.165) is 5.56 Å². The molecule has 1 aromatic carbocycles. The maximum absolute atomic E-state index is 12.1. The lowest BCUT2D eigenvalue weighted by molar-refractivity contribution is 0.0907. The highest BCUT2D eigenvalue weighted by Crippen LogP contribution is 2.16. The van der Waals surface area contributed by atoms with Gasteiger partial charge in [0.15, 0.2) is 5.69 Å². The minimum atomic E-state index is -0.456. The lowest BCUT2D eigenvalue weighted by Gasteiger charge is -2.15. The van der Waals surface area contributed by atoms with Crippen molar-refractivity contribution in [2.24, 2.45) is 0 Å². The fraction of sp³-hybridized carbons (Fsp3) is 0.333. The highest BCUT2D eigenvalue weighted by Gasteiger charge is 2.18. The Bertz CT molecular complexity index is 564. The minimum absolute atomic E-state index is 0.173. The normalized spacial score (nSPS) is 12.4. The summed E-state index contributed by atoms with van der Waals surface area (Å²) in [6.07, 6.45) is 0. The number of carbonyl (C=O) groups excluding carboxylic acids is 1. The molecule has 20 heavy (non-hydrogen) atoms. The van der Waals surface area contributed by atoms with Gasteiger partial charge in [0.2, 0.25) is 0 Å². The van der Waals surface area contributed by atoms with E-state index in [1.54, 1.807) is 6.07 Å². The van der Waals surface area contributed by atoms with Crippen LogP contribution >= 0.6 is 0 Å². The number of aliphatic hydroxyl groups is 1. The zero-order chi connectivity index (χ0) is 14.5. The summed E-state index contributed by atoms with van der Waals surface area (Å²) in [5.41, 5.74) is 1.07. The highest BCUT2D eigenvalue weighted by atomic mass is 16.5. The maximum Gasteiger partial charge on any atom is 0.274 e. The van der Waals surface area contributed by atoms with Crippen molar-refractivity contribution in [3.63, 3.8) is 0 Å². The van der Waals surface area contributed by atoms with E-state index in [0.29, 0.717) is 5.76 Å². The van der Waals surface area contributed by atoms with Gasteiger partial charge in [0.05, 0.1) is 12.6 Å². The van der Waals surface area contributed by atoms with E-state index in [-0.39, 0.29) is 24.1 Å². The van der Waals surface area contributed by atoms with Crippen molar-refractivity contribution in [1.29, 1.82) is 0 Å². The standard InChI is InChI=1S/C15H18N2O3/c1-10(2)14-8-12(17-20-14)15(19)16-13(9-18)11-6-4-3-5-7-11/h3-8,10,13,18H,9H2,1-2H3,(H,16,19). The van der Waals surface area contributed by atoms with Crippen molar-refractivity contribution in [3.05, 3.63) is 53.4 Å². The molecule has 2 aromatic rings. The second-order valence-corrected chi connectivity index (χ2v) is 4.89. The van der Waals surface area contributed by atoms with Gasteiger partial charge in [-0.2, -0.15) is 0 Å². The lowest BCUT2D eigenvalue weighted by Crippen LogP contribution is -2.30. The molecule has 5 heteroatoms. The molecule has 1 atom stereocenters. The first kappa shape index (κ1) is 14.3. The molecule has 5 nitrogen and oxygen atoms in total. The summed E-state index contributed by atoms with van der Waals surface area (Å²) >= 11 is 0. The van der Waals surface area contributed by atoms with Gasteiger partial charge in [0, 0.05) is 12.0 Å². The van der Waals surface area contributed by atoms with Crippen LogP contribution in [0.15, 0.2) is 40.9 Å².